The Morgan fingerprint density at radius 1 is 1.54 bits per heavy atom. The minimum atomic E-state index is -2.58. The van der Waals surface area contributed by atoms with E-state index in [4.69, 9.17) is 5.11 Å². The first-order valence-corrected chi connectivity index (χ1v) is 4.44. The van der Waals surface area contributed by atoms with Crippen LogP contribution in [0.3, 0.4) is 0 Å². The second-order valence-electron chi connectivity index (χ2n) is 2.48. The maximum Gasteiger partial charge on any atom is 0.291 e. The summed E-state index contributed by atoms with van der Waals surface area (Å²) in [5.74, 6) is 0. The van der Waals surface area contributed by atoms with E-state index in [9.17, 15) is 8.78 Å². The molecule has 0 aromatic carbocycles. The zero-order chi connectivity index (χ0) is 9.84. The first-order chi connectivity index (χ1) is 6.09. The topological polar surface area (TPSA) is 58.0 Å². The fourth-order valence-corrected chi connectivity index (χ4v) is 1.24. The van der Waals surface area contributed by atoms with Crippen LogP contribution in [0.5, 0.6) is 0 Å². The van der Waals surface area contributed by atoms with Crippen LogP contribution in [0, 0.1) is 0 Å². The molecule has 0 aliphatic carbocycles. The highest BCUT2D eigenvalue weighted by Crippen LogP contribution is 2.24. The van der Waals surface area contributed by atoms with Gasteiger partial charge in [-0.3, -0.25) is 0 Å². The fourth-order valence-electron chi connectivity index (χ4n) is 0.629. The van der Waals surface area contributed by atoms with Crippen molar-refractivity contribution >= 4 is 16.5 Å². The molecule has 74 valence electrons. The van der Waals surface area contributed by atoms with Gasteiger partial charge in [-0.25, -0.2) is 8.78 Å². The molecule has 0 amide bonds. The van der Waals surface area contributed by atoms with Gasteiger partial charge in [-0.05, 0) is 6.92 Å². The van der Waals surface area contributed by atoms with E-state index >= 15 is 0 Å². The molecule has 0 bridgehead atoms. The van der Waals surface area contributed by atoms with E-state index in [1.807, 2.05) is 0 Å². The van der Waals surface area contributed by atoms with Crippen LogP contribution in [-0.4, -0.2) is 28.0 Å². The van der Waals surface area contributed by atoms with Crippen molar-refractivity contribution in [3.63, 3.8) is 0 Å². The van der Waals surface area contributed by atoms with Crippen molar-refractivity contribution in [3.05, 3.63) is 5.01 Å². The van der Waals surface area contributed by atoms with Crippen LogP contribution in [0.2, 0.25) is 0 Å². The van der Waals surface area contributed by atoms with E-state index in [1.165, 1.54) is 0 Å². The zero-order valence-corrected chi connectivity index (χ0v) is 7.68. The van der Waals surface area contributed by atoms with Crippen molar-refractivity contribution in [2.75, 3.05) is 11.9 Å². The highest BCUT2D eigenvalue weighted by Gasteiger charge is 2.13. The quantitative estimate of drug-likeness (QED) is 0.784. The Morgan fingerprint density at radius 3 is 2.69 bits per heavy atom. The first kappa shape index (κ1) is 10.3. The van der Waals surface area contributed by atoms with E-state index in [2.05, 4.69) is 15.5 Å². The van der Waals surface area contributed by atoms with Crippen LogP contribution in [0.15, 0.2) is 0 Å². The highest BCUT2D eigenvalue weighted by molar-refractivity contribution is 7.15. The minimum absolute atomic E-state index is 0.276. The van der Waals surface area contributed by atoms with Gasteiger partial charge in [0.15, 0.2) is 5.01 Å². The van der Waals surface area contributed by atoms with Crippen molar-refractivity contribution in [1.82, 2.24) is 10.2 Å². The molecule has 0 saturated heterocycles. The van der Waals surface area contributed by atoms with Gasteiger partial charge < -0.3 is 10.4 Å². The Kier molecular flexibility index (Phi) is 3.49. The summed E-state index contributed by atoms with van der Waals surface area (Å²) in [7, 11) is 0. The minimum Gasteiger partial charge on any atom is -0.392 e. The number of aliphatic hydroxyl groups excluding tert-OH is 1. The van der Waals surface area contributed by atoms with Crippen LogP contribution in [0.1, 0.15) is 18.4 Å². The van der Waals surface area contributed by atoms with E-state index in [1.54, 1.807) is 6.92 Å². The molecule has 0 aliphatic heterocycles. The van der Waals surface area contributed by atoms with E-state index in [0.29, 0.717) is 5.13 Å². The predicted octanol–water partition coefficient (Wildman–Crippen LogP) is 1.27. The third-order valence-electron chi connectivity index (χ3n) is 1.18. The Morgan fingerprint density at radius 2 is 2.23 bits per heavy atom. The summed E-state index contributed by atoms with van der Waals surface area (Å²) < 4.78 is 24.0. The van der Waals surface area contributed by atoms with Crippen molar-refractivity contribution < 1.29 is 13.9 Å². The lowest BCUT2D eigenvalue weighted by Gasteiger charge is -2.02. The first-order valence-electron chi connectivity index (χ1n) is 3.63. The molecule has 1 heterocycles. The second-order valence-corrected chi connectivity index (χ2v) is 3.49. The standard InChI is InChI=1S/C6H9F2N3OS/c1-3(12)2-9-6-11-10-5(13-6)4(7)8/h3-4,12H,2H2,1H3,(H,9,11). The van der Waals surface area contributed by atoms with E-state index in [0.717, 1.165) is 11.3 Å². The summed E-state index contributed by atoms with van der Waals surface area (Å²) in [6.07, 6.45) is -3.13. The smallest absolute Gasteiger partial charge is 0.291 e. The number of anilines is 1. The molecule has 0 saturated carbocycles. The summed E-state index contributed by atoms with van der Waals surface area (Å²) in [4.78, 5) is 0. The number of aromatic nitrogens is 2. The average molecular weight is 209 g/mol. The third-order valence-corrected chi connectivity index (χ3v) is 2.06. The van der Waals surface area contributed by atoms with Gasteiger partial charge >= 0.3 is 0 Å². The van der Waals surface area contributed by atoms with Gasteiger partial charge in [0.25, 0.3) is 6.43 Å². The van der Waals surface area contributed by atoms with Crippen molar-refractivity contribution in [2.24, 2.45) is 0 Å². The second kappa shape index (κ2) is 4.43. The molecule has 1 rings (SSSR count). The van der Waals surface area contributed by atoms with Crippen molar-refractivity contribution in [1.29, 1.82) is 0 Å². The number of alkyl halides is 2. The van der Waals surface area contributed by atoms with Crippen LogP contribution in [-0.2, 0) is 0 Å². The van der Waals surface area contributed by atoms with Gasteiger partial charge in [-0.2, -0.15) is 0 Å². The number of aliphatic hydroxyl groups is 1. The molecule has 1 aromatic heterocycles. The summed E-state index contributed by atoms with van der Waals surface area (Å²) in [6.45, 7) is 1.86. The Balaban J connectivity index is 2.49. The van der Waals surface area contributed by atoms with Gasteiger partial charge in [-0.1, -0.05) is 11.3 Å². The molecular formula is C6H9F2N3OS. The summed E-state index contributed by atoms with van der Waals surface area (Å²) >= 11 is 0.789. The van der Waals surface area contributed by atoms with Crippen molar-refractivity contribution in [2.45, 2.75) is 19.5 Å². The normalized spacial score (nSPS) is 13.3. The Labute approximate surface area is 77.6 Å². The van der Waals surface area contributed by atoms with Crippen molar-refractivity contribution in [3.8, 4) is 0 Å². The van der Waals surface area contributed by atoms with Crippen LogP contribution in [0.25, 0.3) is 0 Å². The summed E-state index contributed by atoms with van der Waals surface area (Å²) in [5, 5.41) is 18.3. The SMILES string of the molecule is CC(O)CNc1nnc(C(F)F)s1. The molecule has 13 heavy (non-hydrogen) atoms. The van der Waals surface area contributed by atoms with Gasteiger partial charge in [0.05, 0.1) is 6.10 Å². The van der Waals surface area contributed by atoms with Crippen LogP contribution in [0.4, 0.5) is 13.9 Å². The fraction of sp³-hybridized carbons (Fsp3) is 0.667. The summed E-state index contributed by atoms with van der Waals surface area (Å²) in [6, 6.07) is 0. The van der Waals surface area contributed by atoms with Crippen LogP contribution < -0.4 is 5.32 Å². The molecule has 2 N–H and O–H groups in total. The number of nitrogens with zero attached hydrogens (tertiary/aromatic N) is 2. The number of halogens is 2. The lowest BCUT2D eigenvalue weighted by atomic mass is 10.4. The predicted molar refractivity (Wildman–Crippen MR) is 45.0 cm³/mol. The zero-order valence-electron chi connectivity index (χ0n) is 6.87. The number of nitrogens with one attached hydrogen (secondary N) is 1. The molecule has 0 radical (unpaired) electrons. The molecule has 4 nitrogen and oxygen atoms in total. The lowest BCUT2D eigenvalue weighted by molar-refractivity contribution is 0.150. The largest absolute Gasteiger partial charge is 0.392 e. The number of rotatable bonds is 4. The molecule has 7 heteroatoms. The molecule has 1 atom stereocenters. The van der Waals surface area contributed by atoms with E-state index < -0.39 is 12.5 Å². The molecule has 1 aromatic rings. The third kappa shape index (κ3) is 3.19. The van der Waals surface area contributed by atoms with Crippen LogP contribution >= 0.6 is 11.3 Å². The lowest BCUT2D eigenvalue weighted by Crippen LogP contribution is -2.14. The van der Waals surface area contributed by atoms with Gasteiger partial charge in [0.1, 0.15) is 0 Å². The highest BCUT2D eigenvalue weighted by atomic mass is 32.1. The average Bonchev–Trinajstić information content (AvgIpc) is 2.48. The molecule has 0 aliphatic rings. The number of hydrogen-bond donors (Lipinski definition) is 2. The molecule has 1 unspecified atom stereocenters. The van der Waals surface area contributed by atoms with Gasteiger partial charge in [0, 0.05) is 6.54 Å². The molecular weight excluding hydrogens is 200 g/mol. The summed E-state index contributed by atoms with van der Waals surface area (Å²) in [5.41, 5.74) is 0. The van der Waals surface area contributed by atoms with E-state index in [-0.39, 0.29) is 11.6 Å². The van der Waals surface area contributed by atoms with Gasteiger partial charge in [0.2, 0.25) is 5.13 Å². The maximum absolute atomic E-state index is 12.0. The Hall–Kier alpha value is -0.820. The van der Waals surface area contributed by atoms with Gasteiger partial charge in [-0.15, -0.1) is 10.2 Å². The number of hydrogen-bond acceptors (Lipinski definition) is 5. The monoisotopic (exact) mass is 209 g/mol. The Bertz CT molecular complexity index is 266. The molecule has 0 fully saturated rings. The maximum atomic E-state index is 12.0. The molecule has 0 spiro atoms.